The molecule has 0 radical (unpaired) electrons. The molecule has 2 amide bonds. The zero-order chi connectivity index (χ0) is 21.2. The number of rotatable bonds is 10. The number of hydrogen-bond donors (Lipinski definition) is 3. The summed E-state index contributed by atoms with van der Waals surface area (Å²) in [6, 6.07) is 6.90. The summed E-state index contributed by atoms with van der Waals surface area (Å²) in [5, 5.41) is 5.49. The quantitative estimate of drug-likeness (QED) is 0.567. The van der Waals surface area contributed by atoms with Crippen molar-refractivity contribution in [1.29, 1.82) is 0 Å². The van der Waals surface area contributed by atoms with Crippen LogP contribution in [0.2, 0.25) is 0 Å². The van der Waals surface area contributed by atoms with Crippen molar-refractivity contribution in [1.82, 2.24) is 10.6 Å². The lowest BCUT2D eigenvalue weighted by molar-refractivity contribution is -0.123. The summed E-state index contributed by atoms with van der Waals surface area (Å²) in [7, 11) is 0. The van der Waals surface area contributed by atoms with Crippen LogP contribution in [0.1, 0.15) is 53.0 Å². The monoisotopic (exact) mass is 393 g/mol. The van der Waals surface area contributed by atoms with Gasteiger partial charge in [-0.3, -0.25) is 4.79 Å². The van der Waals surface area contributed by atoms with Gasteiger partial charge in [0, 0.05) is 6.54 Å². The van der Waals surface area contributed by atoms with Gasteiger partial charge in [-0.2, -0.15) is 0 Å². The molecule has 0 heterocycles. The predicted octanol–water partition coefficient (Wildman–Crippen LogP) is 2.97. The summed E-state index contributed by atoms with van der Waals surface area (Å²) in [6.07, 6.45) is 0.454. The van der Waals surface area contributed by atoms with Crippen LogP contribution < -0.4 is 21.1 Å². The Morgan fingerprint density at radius 2 is 1.79 bits per heavy atom. The van der Waals surface area contributed by atoms with Gasteiger partial charge in [-0.05, 0) is 63.8 Å². The molecule has 0 bridgehead atoms. The molecule has 1 aromatic rings. The van der Waals surface area contributed by atoms with Crippen molar-refractivity contribution in [2.24, 2.45) is 11.7 Å². The van der Waals surface area contributed by atoms with Crippen molar-refractivity contribution < 1.29 is 19.1 Å². The fourth-order valence-electron chi connectivity index (χ4n) is 2.32. The van der Waals surface area contributed by atoms with Gasteiger partial charge in [0.25, 0.3) is 0 Å². The van der Waals surface area contributed by atoms with Crippen LogP contribution in [0.15, 0.2) is 24.3 Å². The van der Waals surface area contributed by atoms with E-state index in [2.05, 4.69) is 24.5 Å². The Balaban J connectivity index is 2.58. The minimum absolute atomic E-state index is 0.264. The zero-order valence-electron chi connectivity index (χ0n) is 17.7. The fourth-order valence-corrected chi connectivity index (χ4v) is 2.32. The first-order chi connectivity index (χ1) is 13.1. The maximum Gasteiger partial charge on any atom is 0.408 e. The minimum atomic E-state index is -0.688. The molecule has 7 nitrogen and oxygen atoms in total. The van der Waals surface area contributed by atoms with Gasteiger partial charge in [-0.25, -0.2) is 4.79 Å². The summed E-state index contributed by atoms with van der Waals surface area (Å²) in [6.45, 7) is 11.0. The summed E-state index contributed by atoms with van der Waals surface area (Å²) in [5.41, 5.74) is 5.86. The second-order valence-corrected chi connectivity index (χ2v) is 8.20. The first kappa shape index (κ1) is 23.8. The lowest BCUT2D eigenvalue weighted by Crippen LogP contribution is -2.48. The maximum absolute atomic E-state index is 12.5. The number of hydrogen-bond acceptors (Lipinski definition) is 5. The van der Waals surface area contributed by atoms with E-state index in [0.29, 0.717) is 38.5 Å². The van der Waals surface area contributed by atoms with Crippen LogP contribution in [0.3, 0.4) is 0 Å². The predicted molar refractivity (Wildman–Crippen MR) is 110 cm³/mol. The van der Waals surface area contributed by atoms with Crippen LogP contribution in [0.25, 0.3) is 0 Å². The highest BCUT2D eigenvalue weighted by atomic mass is 16.6. The first-order valence-electron chi connectivity index (χ1n) is 9.79. The number of carbonyl (C=O) groups excluding carboxylic acids is 2. The molecule has 4 N–H and O–H groups in total. The van der Waals surface area contributed by atoms with Gasteiger partial charge in [0.15, 0.2) is 0 Å². The number of carbonyl (C=O) groups is 2. The number of benzene rings is 1. The molecule has 0 saturated carbocycles. The van der Waals surface area contributed by atoms with E-state index in [1.54, 1.807) is 20.8 Å². The number of nitrogens with one attached hydrogen (secondary N) is 2. The van der Waals surface area contributed by atoms with Crippen LogP contribution in [-0.4, -0.2) is 36.8 Å². The lowest BCUT2D eigenvalue weighted by Gasteiger charge is -2.23. The third kappa shape index (κ3) is 10.2. The van der Waals surface area contributed by atoms with Crippen LogP contribution in [0, 0.1) is 5.92 Å². The molecule has 0 aliphatic heterocycles. The fraction of sp³-hybridized carbons (Fsp3) is 0.619. The summed E-state index contributed by atoms with van der Waals surface area (Å²) in [4.78, 5) is 24.5. The Bertz CT molecular complexity index is 609. The average Bonchev–Trinajstić information content (AvgIpc) is 2.60. The van der Waals surface area contributed by atoms with Crippen LogP contribution >= 0.6 is 0 Å². The second-order valence-electron chi connectivity index (χ2n) is 8.20. The molecule has 7 heteroatoms. The highest BCUT2D eigenvalue weighted by Crippen LogP contribution is 2.13. The van der Waals surface area contributed by atoms with Gasteiger partial charge >= 0.3 is 6.09 Å². The van der Waals surface area contributed by atoms with E-state index in [0.717, 1.165) is 11.3 Å². The lowest BCUT2D eigenvalue weighted by atomic mass is 10.1. The van der Waals surface area contributed by atoms with Crippen molar-refractivity contribution in [3.63, 3.8) is 0 Å². The van der Waals surface area contributed by atoms with Gasteiger partial charge in [-0.15, -0.1) is 0 Å². The third-order valence-corrected chi connectivity index (χ3v) is 3.68. The van der Waals surface area contributed by atoms with Crippen LogP contribution in [0.4, 0.5) is 4.79 Å². The second kappa shape index (κ2) is 11.5. The number of amides is 2. The summed E-state index contributed by atoms with van der Waals surface area (Å²) >= 11 is 0. The third-order valence-electron chi connectivity index (χ3n) is 3.68. The molecule has 0 saturated heterocycles. The average molecular weight is 394 g/mol. The smallest absolute Gasteiger partial charge is 0.408 e. The minimum Gasteiger partial charge on any atom is -0.493 e. The van der Waals surface area contributed by atoms with E-state index in [1.807, 2.05) is 24.3 Å². The summed E-state index contributed by atoms with van der Waals surface area (Å²) < 4.78 is 10.9. The van der Waals surface area contributed by atoms with E-state index in [9.17, 15) is 9.59 Å². The van der Waals surface area contributed by atoms with Crippen LogP contribution in [0.5, 0.6) is 5.75 Å². The molecule has 0 aliphatic rings. The maximum atomic E-state index is 12.5. The van der Waals surface area contributed by atoms with E-state index in [1.165, 1.54) is 0 Å². The van der Waals surface area contributed by atoms with E-state index in [-0.39, 0.29) is 5.91 Å². The van der Waals surface area contributed by atoms with Crippen molar-refractivity contribution in [3.8, 4) is 5.75 Å². The largest absolute Gasteiger partial charge is 0.493 e. The van der Waals surface area contributed by atoms with Gasteiger partial charge in [0.05, 0.1) is 6.61 Å². The SMILES string of the molecule is CC(C)COc1ccc(CNC(=O)[C@@H](CCCN)NC(=O)OC(C)(C)C)cc1. The number of nitrogens with two attached hydrogens (primary N) is 1. The standard InChI is InChI=1S/C21H35N3O4/c1-15(2)14-27-17-10-8-16(9-11-17)13-23-19(25)18(7-6-12-22)24-20(26)28-21(3,4)5/h8-11,15,18H,6-7,12-14,22H2,1-5H3,(H,23,25)(H,24,26)/t18-/m1/s1. The van der Waals surface area contributed by atoms with Gasteiger partial charge in [0.1, 0.15) is 17.4 Å². The highest BCUT2D eigenvalue weighted by Gasteiger charge is 2.23. The molecule has 0 spiro atoms. The topological polar surface area (TPSA) is 103 Å². The van der Waals surface area contributed by atoms with Crippen molar-refractivity contribution in [3.05, 3.63) is 29.8 Å². The highest BCUT2D eigenvalue weighted by molar-refractivity contribution is 5.85. The molecule has 1 aromatic carbocycles. The van der Waals surface area contributed by atoms with Crippen molar-refractivity contribution >= 4 is 12.0 Å². The number of alkyl carbamates (subject to hydrolysis) is 1. The molecule has 1 rings (SSSR count). The molecule has 0 aliphatic carbocycles. The van der Waals surface area contributed by atoms with Crippen molar-refractivity contribution in [2.75, 3.05) is 13.2 Å². The Morgan fingerprint density at radius 3 is 2.32 bits per heavy atom. The van der Waals surface area contributed by atoms with Gasteiger partial charge < -0.3 is 25.8 Å². The Hall–Kier alpha value is -2.28. The molecule has 1 atom stereocenters. The molecule has 0 unspecified atom stereocenters. The Labute approximate surface area is 168 Å². The number of ether oxygens (including phenoxy) is 2. The van der Waals surface area contributed by atoms with E-state index >= 15 is 0 Å². The van der Waals surface area contributed by atoms with E-state index in [4.69, 9.17) is 15.2 Å². The molecule has 158 valence electrons. The van der Waals surface area contributed by atoms with Gasteiger partial charge in [-0.1, -0.05) is 26.0 Å². The Morgan fingerprint density at radius 1 is 1.14 bits per heavy atom. The zero-order valence-corrected chi connectivity index (χ0v) is 17.7. The van der Waals surface area contributed by atoms with E-state index < -0.39 is 17.7 Å². The van der Waals surface area contributed by atoms with Crippen molar-refractivity contribution in [2.45, 2.75) is 65.6 Å². The molecular weight excluding hydrogens is 358 g/mol. The first-order valence-corrected chi connectivity index (χ1v) is 9.79. The summed E-state index contributed by atoms with van der Waals surface area (Å²) in [5.74, 6) is 0.998. The molecule has 28 heavy (non-hydrogen) atoms. The normalized spacial score (nSPS) is 12.4. The molecular formula is C21H35N3O4. The molecule has 0 fully saturated rings. The van der Waals surface area contributed by atoms with Gasteiger partial charge in [0.2, 0.25) is 5.91 Å². The molecule has 0 aromatic heterocycles. The Kier molecular flexibility index (Phi) is 9.79. The van der Waals surface area contributed by atoms with Crippen LogP contribution in [-0.2, 0) is 16.1 Å².